The van der Waals surface area contributed by atoms with Gasteiger partial charge in [-0.1, -0.05) is 35.9 Å². The van der Waals surface area contributed by atoms with E-state index in [1.165, 1.54) is 11.4 Å². The minimum atomic E-state index is -3.63. The fourth-order valence-corrected chi connectivity index (χ4v) is 4.43. The number of rotatable bonds is 0. The summed E-state index contributed by atoms with van der Waals surface area (Å²) < 4.78 is 26.6. The number of fused-ring (bicyclic) bond motifs is 2. The van der Waals surface area contributed by atoms with Gasteiger partial charge in [0.2, 0.25) is 0 Å². The Hall–Kier alpha value is -1.23. The summed E-state index contributed by atoms with van der Waals surface area (Å²) in [5, 5.41) is -0.0567. The monoisotopic (exact) mass is 327 g/mol. The standard InChI is InChI=1S/C14H11Cl2NO2S/c1-17-12-8-9(15)6-7-10(12)14(16)11-4-2-3-5-13(11)20(17,18)19/h2-8,14H,1H3. The minimum absolute atomic E-state index is 0.231. The van der Waals surface area contributed by atoms with E-state index in [2.05, 4.69) is 0 Å². The van der Waals surface area contributed by atoms with Crippen molar-refractivity contribution in [1.29, 1.82) is 0 Å². The predicted octanol–water partition coefficient (Wildman–Crippen LogP) is 3.81. The number of nitrogens with zero attached hydrogens (tertiary/aromatic N) is 1. The molecule has 104 valence electrons. The van der Waals surface area contributed by atoms with Gasteiger partial charge >= 0.3 is 0 Å². The van der Waals surface area contributed by atoms with Crippen LogP contribution in [0.15, 0.2) is 47.4 Å². The van der Waals surface area contributed by atoms with Crippen LogP contribution in [-0.2, 0) is 10.0 Å². The third-order valence-corrected chi connectivity index (χ3v) is 5.99. The van der Waals surface area contributed by atoms with Gasteiger partial charge in [0.1, 0.15) is 0 Å². The molecule has 0 bridgehead atoms. The van der Waals surface area contributed by atoms with Crippen molar-refractivity contribution in [3.8, 4) is 0 Å². The van der Waals surface area contributed by atoms with Crippen molar-refractivity contribution in [2.45, 2.75) is 10.3 Å². The van der Waals surface area contributed by atoms with Gasteiger partial charge in [-0.3, -0.25) is 4.31 Å². The second-order valence-electron chi connectivity index (χ2n) is 4.58. The molecule has 1 atom stereocenters. The molecule has 3 rings (SSSR count). The van der Waals surface area contributed by atoms with Crippen molar-refractivity contribution in [3.05, 3.63) is 58.6 Å². The van der Waals surface area contributed by atoms with Crippen LogP contribution in [0.4, 0.5) is 5.69 Å². The van der Waals surface area contributed by atoms with Crippen LogP contribution < -0.4 is 4.31 Å². The summed E-state index contributed by atoms with van der Waals surface area (Å²) in [7, 11) is -2.12. The first-order valence-electron chi connectivity index (χ1n) is 5.94. The molecule has 1 heterocycles. The van der Waals surface area contributed by atoms with E-state index in [4.69, 9.17) is 23.2 Å². The van der Waals surface area contributed by atoms with E-state index in [-0.39, 0.29) is 4.90 Å². The third-order valence-electron chi connectivity index (χ3n) is 3.44. The highest BCUT2D eigenvalue weighted by Gasteiger charge is 2.33. The maximum atomic E-state index is 12.7. The van der Waals surface area contributed by atoms with E-state index in [1.807, 2.05) is 0 Å². The molecule has 0 N–H and O–H groups in total. The molecule has 0 fully saturated rings. The van der Waals surface area contributed by atoms with E-state index in [0.29, 0.717) is 16.3 Å². The number of hydrogen-bond acceptors (Lipinski definition) is 2. The molecule has 20 heavy (non-hydrogen) atoms. The van der Waals surface area contributed by atoms with Crippen LogP contribution in [0.2, 0.25) is 5.02 Å². The van der Waals surface area contributed by atoms with E-state index < -0.39 is 15.4 Å². The molecule has 0 aliphatic carbocycles. The lowest BCUT2D eigenvalue weighted by Crippen LogP contribution is -2.26. The van der Waals surface area contributed by atoms with Gasteiger partial charge in [0.25, 0.3) is 10.0 Å². The van der Waals surface area contributed by atoms with E-state index in [0.717, 1.165) is 5.56 Å². The van der Waals surface area contributed by atoms with Gasteiger partial charge in [0.15, 0.2) is 0 Å². The second-order valence-corrected chi connectivity index (χ2v) is 7.39. The maximum Gasteiger partial charge on any atom is 0.264 e. The maximum absolute atomic E-state index is 12.7. The SMILES string of the molecule is CN1c2cc(Cl)ccc2C(Cl)c2ccccc2S1(=O)=O. The van der Waals surface area contributed by atoms with Crippen LogP contribution in [-0.4, -0.2) is 15.5 Å². The van der Waals surface area contributed by atoms with Crippen LogP contribution in [0.3, 0.4) is 0 Å². The summed E-state index contributed by atoms with van der Waals surface area (Å²) in [6.07, 6.45) is 0. The fourth-order valence-electron chi connectivity index (χ4n) is 2.37. The summed E-state index contributed by atoms with van der Waals surface area (Å²) in [5.74, 6) is 0. The first kappa shape index (κ1) is 13.7. The quantitative estimate of drug-likeness (QED) is 0.690. The number of benzene rings is 2. The van der Waals surface area contributed by atoms with E-state index >= 15 is 0 Å². The molecule has 0 saturated carbocycles. The first-order valence-corrected chi connectivity index (χ1v) is 8.20. The van der Waals surface area contributed by atoms with Crippen molar-refractivity contribution in [1.82, 2.24) is 0 Å². The smallest absolute Gasteiger partial charge is 0.264 e. The summed E-state index contributed by atoms with van der Waals surface area (Å²) in [6, 6.07) is 11.9. The van der Waals surface area contributed by atoms with Crippen molar-refractivity contribution >= 4 is 38.9 Å². The van der Waals surface area contributed by atoms with Gasteiger partial charge in [-0.05, 0) is 29.3 Å². The first-order chi connectivity index (χ1) is 9.43. The highest BCUT2D eigenvalue weighted by Crippen LogP contribution is 2.43. The van der Waals surface area contributed by atoms with Crippen LogP contribution in [0, 0.1) is 0 Å². The van der Waals surface area contributed by atoms with Crippen LogP contribution in [0.5, 0.6) is 0 Å². The summed E-state index contributed by atoms with van der Waals surface area (Å²) >= 11 is 12.5. The van der Waals surface area contributed by atoms with Crippen LogP contribution in [0.25, 0.3) is 0 Å². The molecule has 6 heteroatoms. The lowest BCUT2D eigenvalue weighted by Gasteiger charge is -2.19. The minimum Gasteiger partial charge on any atom is -0.269 e. The Bertz CT molecular complexity index is 790. The van der Waals surface area contributed by atoms with Crippen LogP contribution in [0.1, 0.15) is 16.5 Å². The number of hydrogen-bond donors (Lipinski definition) is 0. The average molecular weight is 328 g/mol. The Morgan fingerprint density at radius 1 is 1.10 bits per heavy atom. The largest absolute Gasteiger partial charge is 0.269 e. The summed E-state index contributed by atoms with van der Waals surface area (Å²) in [5.41, 5.74) is 1.82. The molecule has 0 amide bonds. The topological polar surface area (TPSA) is 37.4 Å². The highest BCUT2D eigenvalue weighted by atomic mass is 35.5. The fraction of sp³-hybridized carbons (Fsp3) is 0.143. The van der Waals surface area contributed by atoms with Gasteiger partial charge in [-0.25, -0.2) is 8.42 Å². The Kier molecular flexibility index (Phi) is 3.20. The third kappa shape index (κ3) is 1.91. The van der Waals surface area contributed by atoms with Gasteiger partial charge < -0.3 is 0 Å². The number of anilines is 1. The zero-order valence-electron chi connectivity index (χ0n) is 10.5. The Morgan fingerprint density at radius 3 is 2.55 bits per heavy atom. The summed E-state index contributed by atoms with van der Waals surface area (Å²) in [4.78, 5) is 0.231. The molecule has 2 aromatic carbocycles. The van der Waals surface area contributed by atoms with E-state index in [1.54, 1.807) is 42.5 Å². The normalized spacial score (nSPS) is 19.9. The van der Waals surface area contributed by atoms with E-state index in [9.17, 15) is 8.42 Å². The average Bonchev–Trinajstić information content (AvgIpc) is 2.50. The molecule has 0 aromatic heterocycles. The number of alkyl halides is 1. The predicted molar refractivity (Wildman–Crippen MR) is 81.2 cm³/mol. The lowest BCUT2D eigenvalue weighted by molar-refractivity contribution is 0.594. The van der Waals surface area contributed by atoms with Gasteiger partial charge in [-0.2, -0.15) is 0 Å². The molecule has 1 aliphatic heterocycles. The number of sulfonamides is 1. The zero-order valence-corrected chi connectivity index (χ0v) is 12.9. The molecule has 2 aromatic rings. The highest BCUT2D eigenvalue weighted by molar-refractivity contribution is 7.92. The molecular weight excluding hydrogens is 317 g/mol. The number of halogens is 2. The molecule has 0 radical (unpaired) electrons. The molecule has 1 aliphatic rings. The van der Waals surface area contributed by atoms with Gasteiger partial charge in [0.05, 0.1) is 16.0 Å². The molecular formula is C14H11Cl2NO2S. The zero-order chi connectivity index (χ0) is 14.5. The summed E-state index contributed by atoms with van der Waals surface area (Å²) in [6.45, 7) is 0. The molecule has 0 saturated heterocycles. The van der Waals surface area contributed by atoms with Crippen molar-refractivity contribution in [2.75, 3.05) is 11.4 Å². The second kappa shape index (κ2) is 4.65. The van der Waals surface area contributed by atoms with Crippen molar-refractivity contribution < 1.29 is 8.42 Å². The Morgan fingerprint density at radius 2 is 1.80 bits per heavy atom. The Balaban J connectivity index is 2.40. The lowest BCUT2D eigenvalue weighted by atomic mass is 10.0. The Labute approximate surface area is 127 Å². The molecule has 0 spiro atoms. The molecule has 3 nitrogen and oxygen atoms in total. The molecule has 1 unspecified atom stereocenters. The van der Waals surface area contributed by atoms with Gasteiger partial charge in [0, 0.05) is 12.1 Å². The van der Waals surface area contributed by atoms with Crippen LogP contribution >= 0.6 is 23.2 Å². The van der Waals surface area contributed by atoms with Crippen molar-refractivity contribution in [3.63, 3.8) is 0 Å². The van der Waals surface area contributed by atoms with Gasteiger partial charge in [-0.15, -0.1) is 11.6 Å². The van der Waals surface area contributed by atoms with Crippen molar-refractivity contribution in [2.24, 2.45) is 0 Å².